The third kappa shape index (κ3) is 5.62. The van der Waals surface area contributed by atoms with Gasteiger partial charge in [0, 0.05) is 26.1 Å². The normalized spacial score (nSPS) is 21.8. The van der Waals surface area contributed by atoms with Crippen LogP contribution >= 0.6 is 0 Å². The number of carboxylic acids is 1. The molecule has 1 heterocycles. The van der Waals surface area contributed by atoms with Gasteiger partial charge in [-0.25, -0.2) is 4.79 Å². The van der Waals surface area contributed by atoms with E-state index in [0.29, 0.717) is 13.2 Å². The zero-order valence-electron chi connectivity index (χ0n) is 9.52. The Morgan fingerprint density at radius 1 is 1.53 bits per heavy atom. The van der Waals surface area contributed by atoms with Crippen LogP contribution in [-0.4, -0.2) is 60.5 Å². The van der Waals surface area contributed by atoms with E-state index in [9.17, 15) is 9.59 Å². The Kier molecular flexibility index (Phi) is 5.88. The lowest BCUT2D eigenvalue weighted by atomic mass is 10.2. The van der Waals surface area contributed by atoms with Gasteiger partial charge in [-0.05, 0) is 0 Å². The highest BCUT2D eigenvalue weighted by Crippen LogP contribution is 2.01. The van der Waals surface area contributed by atoms with Gasteiger partial charge in [-0.15, -0.1) is 0 Å². The first kappa shape index (κ1) is 13.9. The molecule has 1 saturated heterocycles. The average molecular weight is 246 g/mol. The van der Waals surface area contributed by atoms with Crippen molar-refractivity contribution >= 4 is 11.9 Å². The fraction of sp³-hybridized carbons (Fsp3) is 0.800. The molecule has 1 aliphatic heterocycles. The fourth-order valence-corrected chi connectivity index (χ4v) is 1.50. The van der Waals surface area contributed by atoms with Crippen molar-refractivity contribution in [2.24, 2.45) is 0 Å². The van der Waals surface area contributed by atoms with Gasteiger partial charge in [0.05, 0.1) is 19.1 Å². The molecular formula is C10H18N2O5. The fourth-order valence-electron chi connectivity index (χ4n) is 1.50. The van der Waals surface area contributed by atoms with Crippen molar-refractivity contribution < 1.29 is 24.5 Å². The molecule has 1 rings (SSSR count). The highest BCUT2D eigenvalue weighted by Gasteiger charge is 2.18. The van der Waals surface area contributed by atoms with Crippen molar-refractivity contribution in [3.63, 3.8) is 0 Å². The minimum absolute atomic E-state index is 0.00481. The number of carbonyl (C=O) groups is 2. The second kappa shape index (κ2) is 7.21. The van der Waals surface area contributed by atoms with Gasteiger partial charge in [-0.1, -0.05) is 0 Å². The molecule has 4 N–H and O–H groups in total. The van der Waals surface area contributed by atoms with Crippen LogP contribution in [0.15, 0.2) is 0 Å². The summed E-state index contributed by atoms with van der Waals surface area (Å²) in [6.45, 7) is 2.18. The molecule has 0 saturated carbocycles. The number of morpholine rings is 1. The summed E-state index contributed by atoms with van der Waals surface area (Å²) in [7, 11) is 0. The predicted molar refractivity (Wildman–Crippen MR) is 58.5 cm³/mol. The number of rotatable bonds is 6. The van der Waals surface area contributed by atoms with Gasteiger partial charge in [0.15, 0.2) is 6.10 Å². The number of ether oxygens (including phenoxy) is 1. The second-order valence-electron chi connectivity index (χ2n) is 3.89. The highest BCUT2D eigenvalue weighted by molar-refractivity contribution is 5.76. The number of carboxylic acid groups (broad SMARTS) is 1. The first-order chi connectivity index (χ1) is 8.09. The summed E-state index contributed by atoms with van der Waals surface area (Å²) < 4.78 is 5.35. The van der Waals surface area contributed by atoms with Gasteiger partial charge in [-0.3, -0.25) is 4.79 Å². The second-order valence-corrected chi connectivity index (χ2v) is 3.89. The Labute approximate surface area is 99.1 Å². The summed E-state index contributed by atoms with van der Waals surface area (Å²) in [5.41, 5.74) is 0. The van der Waals surface area contributed by atoms with Crippen LogP contribution in [0.4, 0.5) is 0 Å². The van der Waals surface area contributed by atoms with Crippen LogP contribution < -0.4 is 10.6 Å². The molecule has 1 fully saturated rings. The van der Waals surface area contributed by atoms with E-state index in [1.165, 1.54) is 0 Å². The van der Waals surface area contributed by atoms with Gasteiger partial charge in [0.25, 0.3) is 0 Å². The molecule has 7 nitrogen and oxygen atoms in total. The van der Waals surface area contributed by atoms with Crippen molar-refractivity contribution in [3.05, 3.63) is 0 Å². The van der Waals surface area contributed by atoms with Crippen LogP contribution in [0.3, 0.4) is 0 Å². The van der Waals surface area contributed by atoms with Gasteiger partial charge >= 0.3 is 5.97 Å². The number of amides is 1. The van der Waals surface area contributed by atoms with E-state index in [4.69, 9.17) is 14.9 Å². The maximum absolute atomic E-state index is 11.4. The standard InChI is InChI=1S/C10H18N2O5/c13-8(10(15)16)1-2-12-9(14)5-7-6-11-3-4-17-7/h7-8,11,13H,1-6H2,(H,12,14)(H,15,16)/t7?,8-/m0/s1. The molecule has 98 valence electrons. The summed E-state index contributed by atoms with van der Waals surface area (Å²) >= 11 is 0. The van der Waals surface area contributed by atoms with Gasteiger partial charge in [0.1, 0.15) is 0 Å². The van der Waals surface area contributed by atoms with Crippen LogP contribution in [0, 0.1) is 0 Å². The molecule has 0 aromatic heterocycles. The summed E-state index contributed by atoms with van der Waals surface area (Å²) in [4.78, 5) is 21.7. The molecule has 0 radical (unpaired) electrons. The molecular weight excluding hydrogens is 228 g/mol. The van der Waals surface area contributed by atoms with E-state index >= 15 is 0 Å². The quantitative estimate of drug-likeness (QED) is 0.446. The summed E-state index contributed by atoms with van der Waals surface area (Å²) in [6, 6.07) is 0. The Hall–Kier alpha value is -1.18. The molecule has 17 heavy (non-hydrogen) atoms. The lowest BCUT2D eigenvalue weighted by Gasteiger charge is -2.23. The Morgan fingerprint density at radius 2 is 2.29 bits per heavy atom. The van der Waals surface area contributed by atoms with Gasteiger partial charge in [0.2, 0.25) is 5.91 Å². The van der Waals surface area contributed by atoms with E-state index in [1.54, 1.807) is 0 Å². The van der Waals surface area contributed by atoms with E-state index in [1.807, 2.05) is 0 Å². The number of hydrogen-bond acceptors (Lipinski definition) is 5. The minimum atomic E-state index is -1.43. The first-order valence-electron chi connectivity index (χ1n) is 5.59. The molecule has 1 unspecified atom stereocenters. The van der Waals surface area contributed by atoms with Crippen LogP contribution in [0.25, 0.3) is 0 Å². The van der Waals surface area contributed by atoms with E-state index in [2.05, 4.69) is 10.6 Å². The molecule has 1 aliphatic rings. The monoisotopic (exact) mass is 246 g/mol. The van der Waals surface area contributed by atoms with Crippen molar-refractivity contribution in [1.82, 2.24) is 10.6 Å². The Bertz CT molecular complexity index is 265. The molecule has 2 atom stereocenters. The first-order valence-corrected chi connectivity index (χ1v) is 5.59. The molecule has 0 aliphatic carbocycles. The third-order valence-corrected chi connectivity index (χ3v) is 2.44. The number of aliphatic hydroxyl groups is 1. The van der Waals surface area contributed by atoms with Crippen LogP contribution in [0.2, 0.25) is 0 Å². The van der Waals surface area contributed by atoms with Crippen molar-refractivity contribution in [2.45, 2.75) is 25.0 Å². The number of aliphatic hydroxyl groups excluding tert-OH is 1. The highest BCUT2D eigenvalue weighted by atomic mass is 16.5. The molecule has 0 spiro atoms. The lowest BCUT2D eigenvalue weighted by molar-refractivity contribution is -0.147. The Balaban J connectivity index is 2.10. The van der Waals surface area contributed by atoms with Crippen molar-refractivity contribution in [3.8, 4) is 0 Å². The maximum atomic E-state index is 11.4. The van der Waals surface area contributed by atoms with Crippen molar-refractivity contribution in [1.29, 1.82) is 0 Å². The summed E-state index contributed by atoms with van der Waals surface area (Å²) in [6.07, 6.45) is -1.31. The summed E-state index contributed by atoms with van der Waals surface area (Å²) in [5, 5.41) is 23.0. The lowest BCUT2D eigenvalue weighted by Crippen LogP contribution is -2.41. The van der Waals surface area contributed by atoms with Crippen molar-refractivity contribution in [2.75, 3.05) is 26.2 Å². The van der Waals surface area contributed by atoms with E-state index < -0.39 is 12.1 Å². The van der Waals surface area contributed by atoms with Crippen LogP contribution in [0.5, 0.6) is 0 Å². The maximum Gasteiger partial charge on any atom is 0.332 e. The molecule has 0 aromatic carbocycles. The third-order valence-electron chi connectivity index (χ3n) is 2.44. The molecule has 0 bridgehead atoms. The average Bonchev–Trinajstić information content (AvgIpc) is 2.30. The molecule has 7 heteroatoms. The number of carbonyl (C=O) groups excluding carboxylic acids is 1. The van der Waals surface area contributed by atoms with Gasteiger partial charge < -0.3 is 25.6 Å². The smallest absolute Gasteiger partial charge is 0.332 e. The topological polar surface area (TPSA) is 108 Å². The minimum Gasteiger partial charge on any atom is -0.479 e. The van der Waals surface area contributed by atoms with Crippen LogP contribution in [0.1, 0.15) is 12.8 Å². The summed E-state index contributed by atoms with van der Waals surface area (Å²) in [5.74, 6) is -1.48. The number of hydrogen-bond donors (Lipinski definition) is 4. The number of nitrogens with one attached hydrogen (secondary N) is 2. The SMILES string of the molecule is O=C(CC1CNCCO1)NCC[C@H](O)C(=O)O. The zero-order chi connectivity index (χ0) is 12.7. The predicted octanol–water partition coefficient (Wildman–Crippen LogP) is -1.68. The van der Waals surface area contributed by atoms with E-state index in [0.717, 1.165) is 6.54 Å². The Morgan fingerprint density at radius 3 is 2.88 bits per heavy atom. The molecule has 1 amide bonds. The zero-order valence-corrected chi connectivity index (χ0v) is 9.52. The number of aliphatic carboxylic acids is 1. The largest absolute Gasteiger partial charge is 0.479 e. The van der Waals surface area contributed by atoms with E-state index in [-0.39, 0.29) is 31.4 Å². The van der Waals surface area contributed by atoms with Gasteiger partial charge in [-0.2, -0.15) is 0 Å². The molecule has 0 aromatic rings. The van der Waals surface area contributed by atoms with Crippen LogP contribution in [-0.2, 0) is 14.3 Å².